The normalized spacial score (nSPS) is 20.5. The van der Waals surface area contributed by atoms with Crippen molar-refractivity contribution < 1.29 is 4.74 Å². The van der Waals surface area contributed by atoms with Crippen LogP contribution in [0, 0.1) is 0 Å². The minimum absolute atomic E-state index is 0.886. The van der Waals surface area contributed by atoms with E-state index >= 15 is 0 Å². The van der Waals surface area contributed by atoms with Gasteiger partial charge in [0.1, 0.15) is 0 Å². The van der Waals surface area contributed by atoms with Crippen LogP contribution in [0.3, 0.4) is 0 Å². The van der Waals surface area contributed by atoms with Crippen LogP contribution in [-0.2, 0) is 4.74 Å². The van der Waals surface area contributed by atoms with Crippen molar-refractivity contribution in [2.24, 2.45) is 0 Å². The third kappa shape index (κ3) is 2.22. The molecule has 11 heavy (non-hydrogen) atoms. The van der Waals surface area contributed by atoms with Crippen molar-refractivity contribution in [2.45, 2.75) is 20.3 Å². The van der Waals surface area contributed by atoms with Crippen LogP contribution < -0.4 is 0 Å². The largest absolute Gasteiger partial charge is 0.378 e. The fourth-order valence-corrected chi connectivity index (χ4v) is 1.46. The quantitative estimate of drug-likeness (QED) is 0.601. The fourth-order valence-electron chi connectivity index (χ4n) is 1.46. The summed E-state index contributed by atoms with van der Waals surface area (Å²) >= 11 is 0. The van der Waals surface area contributed by atoms with Gasteiger partial charge in [0.25, 0.3) is 0 Å². The second-order valence-corrected chi connectivity index (χ2v) is 2.73. The van der Waals surface area contributed by atoms with Crippen LogP contribution in [0.5, 0.6) is 0 Å². The highest BCUT2D eigenvalue weighted by Crippen LogP contribution is 2.10. The Morgan fingerprint density at radius 1 is 1.45 bits per heavy atom. The predicted molar refractivity (Wildman–Crippen MR) is 46.4 cm³/mol. The number of rotatable bonds is 2. The highest BCUT2D eigenvalue weighted by Gasteiger charge is 2.10. The number of hydrogen-bond donors (Lipinski definition) is 0. The molecular formula is C9H17NO. The van der Waals surface area contributed by atoms with Gasteiger partial charge < -0.3 is 9.64 Å². The molecule has 1 fully saturated rings. The maximum Gasteiger partial charge on any atom is 0.0642 e. The molecule has 0 aromatic heterocycles. The monoisotopic (exact) mass is 155 g/mol. The van der Waals surface area contributed by atoms with Crippen molar-refractivity contribution in [2.75, 3.05) is 26.3 Å². The first-order valence-electron chi connectivity index (χ1n) is 4.36. The Hall–Kier alpha value is -0.500. The maximum atomic E-state index is 5.27. The van der Waals surface area contributed by atoms with Crippen molar-refractivity contribution in [1.82, 2.24) is 4.90 Å². The van der Waals surface area contributed by atoms with E-state index in [-0.39, 0.29) is 0 Å². The topological polar surface area (TPSA) is 12.5 Å². The average Bonchev–Trinajstić information content (AvgIpc) is 2.09. The molecule has 1 aliphatic heterocycles. The summed E-state index contributed by atoms with van der Waals surface area (Å²) in [5.74, 6) is 0. The van der Waals surface area contributed by atoms with Gasteiger partial charge in [0, 0.05) is 18.8 Å². The molecule has 0 unspecified atom stereocenters. The first-order chi connectivity index (χ1) is 5.38. The highest BCUT2D eigenvalue weighted by atomic mass is 16.5. The van der Waals surface area contributed by atoms with Gasteiger partial charge in [0.2, 0.25) is 0 Å². The molecule has 64 valence electrons. The number of ether oxygens (including phenoxy) is 1. The first kappa shape index (κ1) is 8.60. The SMILES string of the molecule is CC=C(CC)N1CCOCC1. The summed E-state index contributed by atoms with van der Waals surface area (Å²) in [5.41, 5.74) is 1.45. The van der Waals surface area contributed by atoms with Gasteiger partial charge in [0.15, 0.2) is 0 Å². The van der Waals surface area contributed by atoms with Gasteiger partial charge in [-0.25, -0.2) is 0 Å². The summed E-state index contributed by atoms with van der Waals surface area (Å²) in [6.07, 6.45) is 3.34. The molecule has 0 atom stereocenters. The van der Waals surface area contributed by atoms with E-state index in [1.54, 1.807) is 0 Å². The molecule has 0 saturated carbocycles. The molecule has 0 aromatic rings. The van der Waals surface area contributed by atoms with E-state index < -0.39 is 0 Å². The minimum atomic E-state index is 0.886. The van der Waals surface area contributed by atoms with Gasteiger partial charge in [-0.05, 0) is 13.3 Å². The molecule has 0 aromatic carbocycles. The molecule has 0 bridgehead atoms. The average molecular weight is 155 g/mol. The van der Waals surface area contributed by atoms with Crippen LogP contribution in [0.2, 0.25) is 0 Å². The number of hydrogen-bond acceptors (Lipinski definition) is 2. The van der Waals surface area contributed by atoms with E-state index in [0.717, 1.165) is 32.7 Å². The predicted octanol–water partition coefficient (Wildman–Crippen LogP) is 1.63. The molecule has 0 spiro atoms. The Kier molecular flexibility index (Phi) is 3.43. The molecule has 1 saturated heterocycles. The second-order valence-electron chi connectivity index (χ2n) is 2.73. The highest BCUT2D eigenvalue weighted by molar-refractivity contribution is 4.99. The fraction of sp³-hybridized carbons (Fsp3) is 0.778. The van der Waals surface area contributed by atoms with Crippen molar-refractivity contribution in [3.8, 4) is 0 Å². The lowest BCUT2D eigenvalue weighted by Gasteiger charge is -2.30. The van der Waals surface area contributed by atoms with E-state index in [1.807, 2.05) is 0 Å². The zero-order valence-corrected chi connectivity index (χ0v) is 7.47. The van der Waals surface area contributed by atoms with Crippen molar-refractivity contribution >= 4 is 0 Å². The molecular weight excluding hydrogens is 138 g/mol. The summed E-state index contributed by atoms with van der Waals surface area (Å²) in [6, 6.07) is 0. The van der Waals surface area contributed by atoms with E-state index in [4.69, 9.17) is 4.74 Å². The minimum Gasteiger partial charge on any atom is -0.378 e. The van der Waals surface area contributed by atoms with Gasteiger partial charge >= 0.3 is 0 Å². The molecule has 0 aliphatic carbocycles. The zero-order chi connectivity index (χ0) is 8.10. The third-order valence-electron chi connectivity index (χ3n) is 2.11. The van der Waals surface area contributed by atoms with E-state index in [2.05, 4.69) is 24.8 Å². The standard InChI is InChI=1S/C9H17NO/c1-3-9(4-2)10-5-7-11-8-6-10/h3H,4-8H2,1-2H3. The van der Waals surface area contributed by atoms with Crippen LogP contribution in [0.1, 0.15) is 20.3 Å². The maximum absolute atomic E-state index is 5.27. The summed E-state index contributed by atoms with van der Waals surface area (Å²) in [7, 11) is 0. The molecule has 1 rings (SSSR count). The lowest BCUT2D eigenvalue weighted by Crippen LogP contribution is -2.35. The van der Waals surface area contributed by atoms with Gasteiger partial charge in [-0.1, -0.05) is 13.0 Å². The molecule has 0 N–H and O–H groups in total. The lowest BCUT2D eigenvalue weighted by molar-refractivity contribution is 0.0523. The molecule has 2 nitrogen and oxygen atoms in total. The van der Waals surface area contributed by atoms with Gasteiger partial charge in [-0.2, -0.15) is 0 Å². The Morgan fingerprint density at radius 2 is 2.09 bits per heavy atom. The Labute approximate surface area is 68.8 Å². The van der Waals surface area contributed by atoms with Crippen molar-refractivity contribution in [3.05, 3.63) is 11.8 Å². The van der Waals surface area contributed by atoms with Crippen LogP contribution >= 0.6 is 0 Å². The summed E-state index contributed by atoms with van der Waals surface area (Å²) in [5, 5.41) is 0. The summed E-state index contributed by atoms with van der Waals surface area (Å²) in [4.78, 5) is 2.41. The molecule has 0 amide bonds. The Bertz CT molecular complexity index is 136. The van der Waals surface area contributed by atoms with Crippen molar-refractivity contribution in [1.29, 1.82) is 0 Å². The van der Waals surface area contributed by atoms with Crippen LogP contribution in [0.15, 0.2) is 11.8 Å². The van der Waals surface area contributed by atoms with E-state index in [9.17, 15) is 0 Å². The van der Waals surface area contributed by atoms with Crippen LogP contribution in [0.25, 0.3) is 0 Å². The molecule has 0 radical (unpaired) electrons. The second kappa shape index (κ2) is 4.39. The third-order valence-corrected chi connectivity index (χ3v) is 2.11. The van der Waals surface area contributed by atoms with Gasteiger partial charge in [0.05, 0.1) is 13.2 Å². The van der Waals surface area contributed by atoms with Crippen molar-refractivity contribution in [3.63, 3.8) is 0 Å². The van der Waals surface area contributed by atoms with Gasteiger partial charge in [-0.3, -0.25) is 0 Å². The zero-order valence-electron chi connectivity index (χ0n) is 7.47. The van der Waals surface area contributed by atoms with Crippen LogP contribution in [0.4, 0.5) is 0 Å². The Morgan fingerprint density at radius 3 is 2.55 bits per heavy atom. The van der Waals surface area contributed by atoms with E-state index in [1.165, 1.54) is 5.70 Å². The molecule has 1 aliphatic rings. The number of nitrogens with zero attached hydrogens (tertiary/aromatic N) is 1. The molecule has 1 heterocycles. The smallest absolute Gasteiger partial charge is 0.0642 e. The number of allylic oxidation sites excluding steroid dienone is 2. The number of morpholine rings is 1. The first-order valence-corrected chi connectivity index (χ1v) is 4.36. The van der Waals surface area contributed by atoms with Gasteiger partial charge in [-0.15, -0.1) is 0 Å². The summed E-state index contributed by atoms with van der Waals surface area (Å²) < 4.78 is 5.27. The van der Waals surface area contributed by atoms with Crippen LogP contribution in [-0.4, -0.2) is 31.2 Å². The Balaban J connectivity index is 2.43. The summed E-state index contributed by atoms with van der Waals surface area (Å²) in [6.45, 7) is 8.20. The lowest BCUT2D eigenvalue weighted by atomic mass is 10.2. The van der Waals surface area contributed by atoms with E-state index in [0.29, 0.717) is 0 Å². The molecule has 2 heteroatoms.